The zero-order valence-corrected chi connectivity index (χ0v) is 11.4. The van der Waals surface area contributed by atoms with Crippen molar-refractivity contribution in [2.24, 2.45) is 11.7 Å². The van der Waals surface area contributed by atoms with Crippen molar-refractivity contribution in [3.63, 3.8) is 0 Å². The Morgan fingerprint density at radius 1 is 1.53 bits per heavy atom. The van der Waals surface area contributed by atoms with Crippen LogP contribution in [0.2, 0.25) is 0 Å². The zero-order valence-electron chi connectivity index (χ0n) is 10.6. The molecule has 0 atom stereocenters. The Morgan fingerprint density at radius 2 is 2.18 bits per heavy atom. The van der Waals surface area contributed by atoms with Crippen LogP contribution in [0.1, 0.15) is 37.8 Å². The van der Waals surface area contributed by atoms with Crippen LogP contribution >= 0.6 is 12.2 Å². The van der Waals surface area contributed by atoms with Gasteiger partial charge in [0.1, 0.15) is 10.8 Å². The fourth-order valence-corrected chi connectivity index (χ4v) is 2.43. The fourth-order valence-electron chi connectivity index (χ4n) is 2.18. The molecule has 0 aliphatic heterocycles. The van der Waals surface area contributed by atoms with Gasteiger partial charge in [0.15, 0.2) is 0 Å². The lowest BCUT2D eigenvalue weighted by atomic mass is 9.98. The van der Waals surface area contributed by atoms with Gasteiger partial charge < -0.3 is 11.1 Å². The van der Waals surface area contributed by atoms with E-state index in [9.17, 15) is 0 Å². The second-order valence-corrected chi connectivity index (χ2v) is 5.78. The summed E-state index contributed by atoms with van der Waals surface area (Å²) in [6.45, 7) is 6.42. The molecule has 1 aromatic heterocycles. The number of rotatable bonds is 4. The number of nitrogens with zero attached hydrogens (tertiary/aromatic N) is 1. The van der Waals surface area contributed by atoms with Crippen LogP contribution < -0.4 is 11.1 Å². The molecule has 0 amide bonds. The van der Waals surface area contributed by atoms with E-state index in [4.69, 9.17) is 18.0 Å². The zero-order chi connectivity index (χ0) is 12.6. The number of nitrogens with one attached hydrogen (secondary N) is 1. The molecule has 4 heteroatoms. The largest absolute Gasteiger partial charge is 0.389 e. The minimum Gasteiger partial charge on any atom is -0.389 e. The Balaban J connectivity index is 2.32. The number of hydrogen-bond acceptors (Lipinski definition) is 3. The van der Waals surface area contributed by atoms with Crippen molar-refractivity contribution in [3.8, 4) is 0 Å². The van der Waals surface area contributed by atoms with Crippen molar-refractivity contribution in [2.45, 2.75) is 39.2 Å². The third kappa shape index (κ3) is 2.57. The van der Waals surface area contributed by atoms with Gasteiger partial charge in [-0.05, 0) is 51.2 Å². The van der Waals surface area contributed by atoms with Crippen molar-refractivity contribution in [1.29, 1.82) is 0 Å². The maximum absolute atomic E-state index is 5.78. The Bertz CT molecular complexity index is 450. The van der Waals surface area contributed by atoms with E-state index < -0.39 is 0 Å². The molecule has 92 valence electrons. The Labute approximate surface area is 108 Å². The van der Waals surface area contributed by atoms with Gasteiger partial charge in [-0.1, -0.05) is 12.2 Å². The van der Waals surface area contributed by atoms with Crippen LogP contribution in [0.3, 0.4) is 0 Å². The minimum atomic E-state index is 0.0559. The average molecular weight is 249 g/mol. The molecule has 1 heterocycles. The number of anilines is 1. The van der Waals surface area contributed by atoms with Crippen LogP contribution in [0.5, 0.6) is 0 Å². The summed E-state index contributed by atoms with van der Waals surface area (Å²) < 4.78 is 0. The molecule has 3 N–H and O–H groups in total. The van der Waals surface area contributed by atoms with E-state index in [1.165, 1.54) is 12.8 Å². The average Bonchev–Trinajstić information content (AvgIpc) is 2.98. The molecule has 0 saturated heterocycles. The van der Waals surface area contributed by atoms with Crippen molar-refractivity contribution in [1.82, 2.24) is 4.98 Å². The minimum absolute atomic E-state index is 0.0559. The van der Waals surface area contributed by atoms with Crippen LogP contribution in [-0.2, 0) is 0 Å². The molecule has 0 aromatic carbocycles. The molecule has 0 spiro atoms. The number of pyridine rings is 1. The Kier molecular flexibility index (Phi) is 3.08. The Morgan fingerprint density at radius 3 is 2.71 bits per heavy atom. The molecule has 1 fully saturated rings. The van der Waals surface area contributed by atoms with Crippen LogP contribution in [-0.4, -0.2) is 15.5 Å². The van der Waals surface area contributed by atoms with Gasteiger partial charge in [-0.15, -0.1) is 0 Å². The van der Waals surface area contributed by atoms with Gasteiger partial charge in [-0.3, -0.25) is 0 Å². The normalized spacial score (nSPS) is 15.7. The molecule has 0 radical (unpaired) electrons. The van der Waals surface area contributed by atoms with E-state index in [1.807, 2.05) is 13.0 Å². The van der Waals surface area contributed by atoms with Gasteiger partial charge in [-0.2, -0.15) is 0 Å². The highest BCUT2D eigenvalue weighted by Gasteiger charge is 2.38. The molecule has 1 aromatic rings. The first-order valence-corrected chi connectivity index (χ1v) is 6.36. The van der Waals surface area contributed by atoms with E-state index in [0.29, 0.717) is 4.99 Å². The van der Waals surface area contributed by atoms with Crippen molar-refractivity contribution < 1.29 is 0 Å². The second-order valence-electron chi connectivity index (χ2n) is 5.34. The van der Waals surface area contributed by atoms with Crippen molar-refractivity contribution in [3.05, 3.63) is 23.4 Å². The number of hydrogen-bond donors (Lipinski definition) is 2. The maximum Gasteiger partial charge on any atom is 0.136 e. The van der Waals surface area contributed by atoms with Gasteiger partial charge >= 0.3 is 0 Å². The number of nitrogens with two attached hydrogens (primary N) is 1. The molecule has 1 saturated carbocycles. The smallest absolute Gasteiger partial charge is 0.136 e. The third-order valence-corrected chi connectivity index (χ3v) is 3.65. The summed E-state index contributed by atoms with van der Waals surface area (Å²) in [5.41, 5.74) is 7.78. The van der Waals surface area contributed by atoms with Gasteiger partial charge in [-0.25, -0.2) is 4.98 Å². The van der Waals surface area contributed by atoms with Gasteiger partial charge in [0.25, 0.3) is 0 Å². The van der Waals surface area contributed by atoms with Crippen LogP contribution in [0.25, 0.3) is 0 Å². The highest BCUT2D eigenvalue weighted by atomic mass is 32.1. The number of thiocarbonyl (C=S) groups is 1. The van der Waals surface area contributed by atoms with E-state index >= 15 is 0 Å². The van der Waals surface area contributed by atoms with E-state index in [-0.39, 0.29) is 5.54 Å². The predicted octanol–water partition coefficient (Wildman–Crippen LogP) is 2.62. The summed E-state index contributed by atoms with van der Waals surface area (Å²) in [4.78, 5) is 4.78. The first-order chi connectivity index (χ1) is 7.92. The quantitative estimate of drug-likeness (QED) is 0.805. The SMILES string of the molecule is Cc1ccnc(NC(C)(C)C2CC2)c1C(N)=S. The molecule has 17 heavy (non-hydrogen) atoms. The highest BCUT2D eigenvalue weighted by Crippen LogP contribution is 2.41. The molecule has 0 bridgehead atoms. The summed E-state index contributed by atoms with van der Waals surface area (Å²) in [7, 11) is 0. The monoisotopic (exact) mass is 249 g/mol. The molecule has 1 aliphatic rings. The first-order valence-electron chi connectivity index (χ1n) is 5.95. The standard InChI is InChI=1S/C13H19N3S/c1-8-6-7-15-12(10(8)11(14)17)16-13(2,3)9-4-5-9/h6-7,9H,4-5H2,1-3H3,(H2,14,17)(H,15,16). The fraction of sp³-hybridized carbons (Fsp3) is 0.538. The first kappa shape index (κ1) is 12.3. The lowest BCUT2D eigenvalue weighted by Crippen LogP contribution is -2.35. The Hall–Kier alpha value is -1.16. The second kappa shape index (κ2) is 4.26. The molecule has 3 nitrogen and oxygen atoms in total. The van der Waals surface area contributed by atoms with Gasteiger partial charge in [0.2, 0.25) is 0 Å². The lowest BCUT2D eigenvalue weighted by molar-refractivity contribution is 0.492. The molecule has 1 aliphatic carbocycles. The van der Waals surface area contributed by atoms with E-state index in [2.05, 4.69) is 24.1 Å². The maximum atomic E-state index is 5.78. The highest BCUT2D eigenvalue weighted by molar-refractivity contribution is 7.80. The molecule has 2 rings (SSSR count). The number of aryl methyl sites for hydroxylation is 1. The van der Waals surface area contributed by atoms with Crippen LogP contribution in [0, 0.1) is 12.8 Å². The topological polar surface area (TPSA) is 50.9 Å². The van der Waals surface area contributed by atoms with Gasteiger partial charge in [0.05, 0.1) is 5.56 Å². The summed E-state index contributed by atoms with van der Waals surface area (Å²) in [5, 5.41) is 3.49. The van der Waals surface area contributed by atoms with Crippen LogP contribution in [0.15, 0.2) is 12.3 Å². The van der Waals surface area contributed by atoms with Crippen molar-refractivity contribution in [2.75, 3.05) is 5.32 Å². The van der Waals surface area contributed by atoms with Crippen molar-refractivity contribution >= 4 is 23.0 Å². The molecular weight excluding hydrogens is 230 g/mol. The molecular formula is C13H19N3S. The third-order valence-electron chi connectivity index (χ3n) is 3.44. The summed E-state index contributed by atoms with van der Waals surface area (Å²) in [6, 6.07) is 1.93. The predicted molar refractivity (Wildman–Crippen MR) is 75.3 cm³/mol. The summed E-state index contributed by atoms with van der Waals surface area (Å²) in [5.74, 6) is 1.54. The summed E-state index contributed by atoms with van der Waals surface area (Å²) >= 11 is 5.11. The van der Waals surface area contributed by atoms with E-state index in [0.717, 1.165) is 22.9 Å². The van der Waals surface area contributed by atoms with E-state index in [1.54, 1.807) is 6.20 Å². The number of aromatic nitrogens is 1. The summed E-state index contributed by atoms with van der Waals surface area (Å²) in [6.07, 6.45) is 4.37. The lowest BCUT2D eigenvalue weighted by Gasteiger charge is -2.28. The van der Waals surface area contributed by atoms with Crippen LogP contribution in [0.4, 0.5) is 5.82 Å². The molecule has 0 unspecified atom stereocenters. The van der Waals surface area contributed by atoms with Gasteiger partial charge in [0, 0.05) is 11.7 Å².